The zero-order chi connectivity index (χ0) is 24.3. The molecule has 3 aromatic rings. The van der Waals surface area contributed by atoms with Crippen LogP contribution >= 0.6 is 11.8 Å². The minimum Gasteiger partial charge on any atom is -0.355 e. The van der Waals surface area contributed by atoms with Crippen molar-refractivity contribution >= 4 is 23.3 Å². The monoisotopic (exact) mass is 467 g/mol. The first-order chi connectivity index (χ1) is 15.6. The molecule has 0 aliphatic carbocycles. The van der Waals surface area contributed by atoms with Crippen LogP contribution in [0.3, 0.4) is 0 Å². The van der Waals surface area contributed by atoms with Crippen LogP contribution in [0.4, 0.5) is 0 Å². The summed E-state index contributed by atoms with van der Waals surface area (Å²) in [6.45, 7) is 9.82. The largest absolute Gasteiger partial charge is 0.355 e. The summed E-state index contributed by atoms with van der Waals surface area (Å²) in [5.41, 5.74) is 3.68. The third-order valence-electron chi connectivity index (χ3n) is 5.92. The SMILES string of the molecule is CCC(c1nnc(SC(C)C(=O)c2[nH]c(C)c(C(C)=O)c2C)n1Cc1ccccc1)N(C)C. The lowest BCUT2D eigenvalue weighted by Crippen LogP contribution is -2.24. The number of hydrogen-bond acceptors (Lipinski definition) is 6. The zero-order valence-corrected chi connectivity index (χ0v) is 21.3. The lowest BCUT2D eigenvalue weighted by molar-refractivity contribution is 0.0988. The number of nitrogens with zero attached hydrogens (tertiary/aromatic N) is 4. The number of nitrogens with one attached hydrogen (secondary N) is 1. The van der Waals surface area contributed by atoms with Gasteiger partial charge in [0, 0.05) is 11.3 Å². The van der Waals surface area contributed by atoms with E-state index < -0.39 is 5.25 Å². The van der Waals surface area contributed by atoms with Crippen LogP contribution in [0.1, 0.15) is 76.7 Å². The third kappa shape index (κ3) is 5.28. The number of rotatable bonds is 10. The number of aromatic nitrogens is 4. The molecule has 0 radical (unpaired) electrons. The number of aryl methyl sites for hydroxylation is 1. The molecular weight excluding hydrogens is 434 g/mol. The van der Waals surface area contributed by atoms with E-state index in [1.165, 1.54) is 18.7 Å². The van der Waals surface area contributed by atoms with Gasteiger partial charge in [-0.15, -0.1) is 10.2 Å². The van der Waals surface area contributed by atoms with Crippen molar-refractivity contribution in [1.29, 1.82) is 0 Å². The second-order valence-corrected chi connectivity index (χ2v) is 9.91. The van der Waals surface area contributed by atoms with Gasteiger partial charge in [-0.2, -0.15) is 0 Å². The molecule has 0 fully saturated rings. The van der Waals surface area contributed by atoms with Gasteiger partial charge in [-0.1, -0.05) is 49.0 Å². The molecule has 0 bridgehead atoms. The number of carbonyl (C=O) groups is 2. The molecule has 0 amide bonds. The molecule has 3 rings (SSSR count). The van der Waals surface area contributed by atoms with Gasteiger partial charge in [0.2, 0.25) is 0 Å². The number of H-pyrrole nitrogens is 1. The Bertz CT molecular complexity index is 1130. The summed E-state index contributed by atoms with van der Waals surface area (Å²) in [6.07, 6.45) is 0.897. The van der Waals surface area contributed by atoms with Crippen molar-refractivity contribution in [2.75, 3.05) is 14.1 Å². The maximum absolute atomic E-state index is 13.3. The number of aromatic amines is 1. The Labute approximate surface area is 200 Å². The Hall–Kier alpha value is -2.71. The zero-order valence-electron chi connectivity index (χ0n) is 20.5. The molecular formula is C25H33N5O2S. The summed E-state index contributed by atoms with van der Waals surface area (Å²) < 4.78 is 2.12. The molecule has 2 heterocycles. The Kier molecular flexibility index (Phi) is 7.92. The predicted molar refractivity (Wildman–Crippen MR) is 132 cm³/mol. The van der Waals surface area contributed by atoms with Crippen LogP contribution in [0.15, 0.2) is 35.5 Å². The quantitative estimate of drug-likeness (QED) is 0.339. The molecule has 1 N–H and O–H groups in total. The van der Waals surface area contributed by atoms with Crippen LogP contribution in [0, 0.1) is 13.8 Å². The van der Waals surface area contributed by atoms with E-state index in [-0.39, 0.29) is 17.6 Å². The molecule has 0 saturated carbocycles. The number of ketones is 2. The Morgan fingerprint density at radius 3 is 2.36 bits per heavy atom. The van der Waals surface area contributed by atoms with E-state index in [2.05, 4.69) is 43.7 Å². The highest BCUT2D eigenvalue weighted by Crippen LogP contribution is 2.30. The van der Waals surface area contributed by atoms with Gasteiger partial charge < -0.3 is 9.55 Å². The van der Waals surface area contributed by atoms with E-state index in [1.54, 1.807) is 0 Å². The van der Waals surface area contributed by atoms with Crippen molar-refractivity contribution in [2.24, 2.45) is 0 Å². The first kappa shape index (κ1) is 24.9. The van der Waals surface area contributed by atoms with Crippen molar-refractivity contribution in [3.63, 3.8) is 0 Å². The van der Waals surface area contributed by atoms with Crippen LogP contribution < -0.4 is 0 Å². The summed E-state index contributed by atoms with van der Waals surface area (Å²) in [5.74, 6) is 0.796. The Morgan fingerprint density at radius 1 is 1.15 bits per heavy atom. The highest BCUT2D eigenvalue weighted by molar-refractivity contribution is 8.00. The highest BCUT2D eigenvalue weighted by Gasteiger charge is 2.28. The first-order valence-electron chi connectivity index (χ1n) is 11.2. The Morgan fingerprint density at radius 2 is 1.82 bits per heavy atom. The van der Waals surface area contributed by atoms with Crippen molar-refractivity contribution in [2.45, 2.75) is 64.0 Å². The van der Waals surface area contributed by atoms with Gasteiger partial charge in [0.15, 0.2) is 22.5 Å². The van der Waals surface area contributed by atoms with Crippen molar-refractivity contribution < 1.29 is 9.59 Å². The van der Waals surface area contributed by atoms with E-state index in [4.69, 9.17) is 0 Å². The fourth-order valence-corrected chi connectivity index (χ4v) is 5.18. The molecule has 2 unspecified atom stereocenters. The van der Waals surface area contributed by atoms with E-state index in [0.717, 1.165) is 23.5 Å². The molecule has 0 aliphatic heterocycles. The molecule has 0 spiro atoms. The van der Waals surface area contributed by atoms with E-state index in [0.29, 0.717) is 28.5 Å². The average molecular weight is 468 g/mol. The summed E-state index contributed by atoms with van der Waals surface area (Å²) >= 11 is 1.40. The van der Waals surface area contributed by atoms with Gasteiger partial charge in [-0.3, -0.25) is 14.5 Å². The molecule has 1 aromatic carbocycles. The normalized spacial score (nSPS) is 13.3. The van der Waals surface area contributed by atoms with Gasteiger partial charge in [0.25, 0.3) is 0 Å². The lowest BCUT2D eigenvalue weighted by atomic mass is 10.0. The van der Waals surface area contributed by atoms with Crippen molar-refractivity contribution in [1.82, 2.24) is 24.6 Å². The summed E-state index contributed by atoms with van der Waals surface area (Å²) in [5, 5.41) is 9.34. The molecule has 2 atom stereocenters. The topological polar surface area (TPSA) is 83.9 Å². The smallest absolute Gasteiger partial charge is 0.192 e. The van der Waals surface area contributed by atoms with Crippen LogP contribution in [-0.2, 0) is 6.54 Å². The number of benzene rings is 1. The Balaban J connectivity index is 1.94. The third-order valence-corrected chi connectivity index (χ3v) is 7.00. The second-order valence-electron chi connectivity index (χ2n) is 8.61. The molecule has 8 heteroatoms. The average Bonchev–Trinajstić information content (AvgIpc) is 3.28. The summed E-state index contributed by atoms with van der Waals surface area (Å²) in [4.78, 5) is 30.6. The maximum Gasteiger partial charge on any atom is 0.192 e. The first-order valence-corrected chi connectivity index (χ1v) is 12.1. The van der Waals surface area contributed by atoms with Crippen LogP contribution in [-0.4, -0.2) is 55.6 Å². The van der Waals surface area contributed by atoms with E-state index in [1.807, 2.05) is 53.1 Å². The number of Topliss-reactive ketones (excluding diaryl/α,β-unsaturated/α-hetero) is 2. The van der Waals surface area contributed by atoms with Crippen LogP contribution in [0.25, 0.3) is 0 Å². The minimum absolute atomic E-state index is 0.0397. The van der Waals surface area contributed by atoms with E-state index >= 15 is 0 Å². The molecule has 176 valence electrons. The maximum atomic E-state index is 13.3. The fourth-order valence-electron chi connectivity index (χ4n) is 4.27. The van der Waals surface area contributed by atoms with Gasteiger partial charge in [0.05, 0.1) is 23.5 Å². The molecule has 0 aliphatic rings. The van der Waals surface area contributed by atoms with Gasteiger partial charge in [0.1, 0.15) is 0 Å². The number of hydrogen-bond donors (Lipinski definition) is 1. The summed E-state index contributed by atoms with van der Waals surface area (Å²) in [7, 11) is 4.08. The van der Waals surface area contributed by atoms with Crippen LogP contribution in [0.2, 0.25) is 0 Å². The standard InChI is InChI=1S/C25H33N5O2S/c1-8-20(29(6)7)24-27-28-25(30(24)14-19-12-10-9-11-13-19)33-18(5)23(32)22-15(2)21(17(4)31)16(3)26-22/h9-13,18,20,26H,8,14H2,1-7H3. The van der Waals surface area contributed by atoms with Crippen molar-refractivity contribution in [3.05, 3.63) is 64.2 Å². The molecule has 33 heavy (non-hydrogen) atoms. The number of carbonyl (C=O) groups excluding carboxylic acids is 2. The minimum atomic E-state index is -0.396. The second kappa shape index (κ2) is 10.5. The summed E-state index contributed by atoms with van der Waals surface area (Å²) in [6, 6.07) is 10.3. The van der Waals surface area contributed by atoms with E-state index in [9.17, 15) is 9.59 Å². The van der Waals surface area contributed by atoms with Gasteiger partial charge >= 0.3 is 0 Å². The van der Waals surface area contributed by atoms with Gasteiger partial charge in [-0.05, 0) is 59.3 Å². The van der Waals surface area contributed by atoms with Gasteiger partial charge in [-0.25, -0.2) is 0 Å². The molecule has 0 saturated heterocycles. The predicted octanol–water partition coefficient (Wildman–Crippen LogP) is 4.85. The van der Waals surface area contributed by atoms with Crippen molar-refractivity contribution in [3.8, 4) is 0 Å². The lowest BCUT2D eigenvalue weighted by Gasteiger charge is -2.23. The van der Waals surface area contributed by atoms with Crippen LogP contribution in [0.5, 0.6) is 0 Å². The molecule has 7 nitrogen and oxygen atoms in total. The number of thioether (sulfide) groups is 1. The fraction of sp³-hybridized carbons (Fsp3) is 0.440. The molecule has 2 aromatic heterocycles. The highest BCUT2D eigenvalue weighted by atomic mass is 32.2.